The third-order valence-corrected chi connectivity index (χ3v) is 5.00. The Bertz CT molecular complexity index is 492. The number of piperidine rings is 1. The molecule has 0 aliphatic carbocycles. The van der Waals surface area contributed by atoms with Crippen LogP contribution in [0.5, 0.6) is 0 Å². The molecular formula is C13H17BrN2O3S. The molecule has 110 valence electrons. The van der Waals surface area contributed by atoms with Gasteiger partial charge in [0, 0.05) is 34.2 Å². The van der Waals surface area contributed by atoms with E-state index in [-0.39, 0.29) is 18.4 Å². The van der Waals surface area contributed by atoms with Crippen molar-refractivity contribution in [2.75, 3.05) is 13.1 Å². The molecule has 1 atom stereocenters. The van der Waals surface area contributed by atoms with E-state index in [9.17, 15) is 9.59 Å². The molecule has 1 aromatic rings. The van der Waals surface area contributed by atoms with Crippen molar-refractivity contribution in [2.45, 2.75) is 25.8 Å². The molecule has 0 bridgehead atoms. The molecule has 0 radical (unpaired) electrons. The number of rotatable bonds is 4. The van der Waals surface area contributed by atoms with Crippen LogP contribution in [0, 0.1) is 5.92 Å². The van der Waals surface area contributed by atoms with Gasteiger partial charge in [-0.25, -0.2) is 4.79 Å². The Kier molecular flexibility index (Phi) is 5.42. The lowest BCUT2D eigenvalue weighted by molar-refractivity contribution is -0.138. The first-order valence-electron chi connectivity index (χ1n) is 6.52. The number of amides is 2. The van der Waals surface area contributed by atoms with Crippen molar-refractivity contribution in [1.82, 2.24) is 10.2 Å². The number of likely N-dealkylation sites (tertiary alicyclic amines) is 1. The predicted octanol–water partition coefficient (Wildman–Crippen LogP) is 2.91. The highest BCUT2D eigenvalue weighted by Crippen LogP contribution is 2.21. The van der Waals surface area contributed by atoms with E-state index < -0.39 is 5.97 Å². The van der Waals surface area contributed by atoms with E-state index >= 15 is 0 Å². The quantitative estimate of drug-likeness (QED) is 0.867. The molecule has 1 saturated heterocycles. The van der Waals surface area contributed by atoms with Crippen molar-refractivity contribution in [3.63, 3.8) is 0 Å². The van der Waals surface area contributed by atoms with Crippen LogP contribution < -0.4 is 5.32 Å². The molecule has 1 fully saturated rings. The van der Waals surface area contributed by atoms with Gasteiger partial charge in [0.2, 0.25) is 0 Å². The van der Waals surface area contributed by atoms with Crippen LogP contribution in [0.2, 0.25) is 0 Å². The van der Waals surface area contributed by atoms with Gasteiger partial charge in [0.25, 0.3) is 0 Å². The van der Waals surface area contributed by atoms with E-state index in [1.165, 1.54) is 0 Å². The van der Waals surface area contributed by atoms with Gasteiger partial charge in [0.15, 0.2) is 0 Å². The summed E-state index contributed by atoms with van der Waals surface area (Å²) in [6.45, 7) is 1.75. The lowest BCUT2D eigenvalue weighted by Crippen LogP contribution is -2.45. The Morgan fingerprint density at radius 3 is 3.00 bits per heavy atom. The SMILES string of the molecule is O=C(O)CC1CCCN(C(=O)NCc2cc(Br)cs2)C1. The van der Waals surface area contributed by atoms with Gasteiger partial charge in [0.05, 0.1) is 6.54 Å². The first-order valence-corrected chi connectivity index (χ1v) is 8.19. The maximum absolute atomic E-state index is 12.1. The number of carbonyl (C=O) groups is 2. The van der Waals surface area contributed by atoms with Crippen molar-refractivity contribution in [2.24, 2.45) is 5.92 Å². The van der Waals surface area contributed by atoms with Crippen LogP contribution in [0.4, 0.5) is 4.79 Å². The summed E-state index contributed by atoms with van der Waals surface area (Å²) in [5.74, 6) is -0.719. The number of nitrogens with zero attached hydrogens (tertiary/aromatic N) is 1. The van der Waals surface area contributed by atoms with Crippen LogP contribution in [-0.2, 0) is 11.3 Å². The summed E-state index contributed by atoms with van der Waals surface area (Å²) in [7, 11) is 0. The Balaban J connectivity index is 1.81. The molecular weight excluding hydrogens is 344 g/mol. The molecule has 5 nitrogen and oxygen atoms in total. The second kappa shape index (κ2) is 7.08. The fraction of sp³-hybridized carbons (Fsp3) is 0.538. The normalized spacial score (nSPS) is 18.9. The minimum absolute atomic E-state index is 0.0721. The number of thiophene rings is 1. The maximum atomic E-state index is 12.1. The molecule has 20 heavy (non-hydrogen) atoms. The molecule has 1 aromatic heterocycles. The number of carboxylic acid groups (broad SMARTS) is 1. The van der Waals surface area contributed by atoms with Crippen LogP contribution in [-0.4, -0.2) is 35.1 Å². The molecule has 2 amide bonds. The van der Waals surface area contributed by atoms with E-state index in [1.54, 1.807) is 16.2 Å². The number of aliphatic carboxylic acids is 1. The lowest BCUT2D eigenvalue weighted by atomic mass is 9.95. The smallest absolute Gasteiger partial charge is 0.317 e. The average molecular weight is 361 g/mol. The fourth-order valence-electron chi connectivity index (χ4n) is 2.38. The van der Waals surface area contributed by atoms with Crippen LogP contribution in [0.1, 0.15) is 24.1 Å². The average Bonchev–Trinajstić information content (AvgIpc) is 2.81. The Hall–Kier alpha value is -1.08. The highest BCUT2D eigenvalue weighted by Gasteiger charge is 2.25. The molecule has 2 N–H and O–H groups in total. The summed E-state index contributed by atoms with van der Waals surface area (Å²) in [5.41, 5.74) is 0. The summed E-state index contributed by atoms with van der Waals surface area (Å²) in [5, 5.41) is 13.7. The van der Waals surface area contributed by atoms with Crippen molar-refractivity contribution in [1.29, 1.82) is 0 Å². The van der Waals surface area contributed by atoms with Gasteiger partial charge in [-0.3, -0.25) is 4.79 Å². The second-order valence-electron chi connectivity index (χ2n) is 4.94. The molecule has 1 aliphatic rings. The lowest BCUT2D eigenvalue weighted by Gasteiger charge is -2.32. The van der Waals surface area contributed by atoms with Crippen LogP contribution in [0.3, 0.4) is 0 Å². The summed E-state index contributed by atoms with van der Waals surface area (Å²) in [6.07, 6.45) is 1.89. The summed E-state index contributed by atoms with van der Waals surface area (Å²) < 4.78 is 1.02. The third-order valence-electron chi connectivity index (χ3n) is 3.31. The largest absolute Gasteiger partial charge is 0.481 e. The molecule has 1 aliphatic heterocycles. The number of urea groups is 1. The highest BCUT2D eigenvalue weighted by molar-refractivity contribution is 9.10. The number of hydrogen-bond acceptors (Lipinski definition) is 3. The zero-order valence-electron chi connectivity index (χ0n) is 11.0. The number of carboxylic acids is 1. The molecule has 0 aromatic carbocycles. The van der Waals surface area contributed by atoms with Gasteiger partial charge in [-0.2, -0.15) is 0 Å². The topological polar surface area (TPSA) is 69.6 Å². The Morgan fingerprint density at radius 2 is 2.35 bits per heavy atom. The van der Waals surface area contributed by atoms with E-state index in [0.717, 1.165) is 22.2 Å². The second-order valence-corrected chi connectivity index (χ2v) is 6.85. The van der Waals surface area contributed by atoms with E-state index in [2.05, 4.69) is 21.2 Å². The minimum atomic E-state index is -0.791. The number of nitrogens with one attached hydrogen (secondary N) is 1. The first kappa shape index (κ1) is 15.3. The summed E-state index contributed by atoms with van der Waals surface area (Å²) in [4.78, 5) is 25.6. The van der Waals surface area contributed by atoms with Gasteiger partial charge in [-0.1, -0.05) is 0 Å². The van der Waals surface area contributed by atoms with Crippen LogP contribution in [0.15, 0.2) is 15.9 Å². The van der Waals surface area contributed by atoms with Crippen molar-refractivity contribution in [3.8, 4) is 0 Å². The van der Waals surface area contributed by atoms with Gasteiger partial charge < -0.3 is 15.3 Å². The Morgan fingerprint density at radius 1 is 1.55 bits per heavy atom. The van der Waals surface area contributed by atoms with Crippen LogP contribution >= 0.6 is 27.3 Å². The molecule has 2 rings (SSSR count). The summed E-state index contributed by atoms with van der Waals surface area (Å²) >= 11 is 4.97. The van der Waals surface area contributed by atoms with Gasteiger partial charge in [0.1, 0.15) is 0 Å². The summed E-state index contributed by atoms with van der Waals surface area (Å²) in [6, 6.07) is 1.87. The molecule has 7 heteroatoms. The standard InChI is InChI=1S/C13H17BrN2O3S/c14-10-5-11(20-8-10)6-15-13(19)16-3-1-2-9(7-16)4-12(17)18/h5,8-9H,1-4,6-7H2,(H,15,19)(H,17,18). The van der Waals surface area contributed by atoms with Gasteiger partial charge in [-0.15, -0.1) is 11.3 Å². The minimum Gasteiger partial charge on any atom is -0.481 e. The predicted molar refractivity (Wildman–Crippen MR) is 80.8 cm³/mol. The first-order chi connectivity index (χ1) is 9.54. The van der Waals surface area contributed by atoms with Crippen LogP contribution in [0.25, 0.3) is 0 Å². The third kappa shape index (κ3) is 4.49. The zero-order chi connectivity index (χ0) is 14.5. The zero-order valence-corrected chi connectivity index (χ0v) is 13.4. The van der Waals surface area contributed by atoms with Gasteiger partial charge in [-0.05, 0) is 40.8 Å². The fourth-order valence-corrected chi connectivity index (χ4v) is 3.77. The van der Waals surface area contributed by atoms with Crippen molar-refractivity contribution in [3.05, 3.63) is 20.8 Å². The highest BCUT2D eigenvalue weighted by atomic mass is 79.9. The van der Waals surface area contributed by atoms with E-state index in [0.29, 0.717) is 19.6 Å². The molecule has 1 unspecified atom stereocenters. The number of carbonyl (C=O) groups excluding carboxylic acids is 1. The van der Waals surface area contributed by atoms with Crippen molar-refractivity contribution >= 4 is 39.3 Å². The molecule has 0 saturated carbocycles. The van der Waals surface area contributed by atoms with E-state index in [1.807, 2.05) is 11.4 Å². The van der Waals surface area contributed by atoms with Crippen molar-refractivity contribution < 1.29 is 14.7 Å². The number of hydrogen-bond donors (Lipinski definition) is 2. The van der Waals surface area contributed by atoms with Gasteiger partial charge >= 0.3 is 12.0 Å². The van der Waals surface area contributed by atoms with E-state index in [4.69, 9.17) is 5.11 Å². The Labute approximate surface area is 130 Å². The monoisotopic (exact) mass is 360 g/mol. The maximum Gasteiger partial charge on any atom is 0.317 e. The molecule has 2 heterocycles. The number of halogens is 1. The molecule has 0 spiro atoms.